The smallest absolute Gasteiger partial charge is 0.0467 e. The first-order valence-electron chi connectivity index (χ1n) is 6.72. The summed E-state index contributed by atoms with van der Waals surface area (Å²) in [7, 11) is 0. The van der Waals surface area contributed by atoms with Crippen LogP contribution in [0.5, 0.6) is 0 Å². The molecule has 2 atom stereocenters. The molecule has 0 saturated heterocycles. The number of hydrogen-bond acceptors (Lipinski definition) is 2. The van der Waals surface area contributed by atoms with E-state index in [0.717, 1.165) is 6.42 Å². The molecule has 0 aromatic heterocycles. The van der Waals surface area contributed by atoms with Gasteiger partial charge in [-0.15, -0.1) is 0 Å². The minimum Gasteiger partial charge on any atom is -0.379 e. The maximum Gasteiger partial charge on any atom is 0.0467 e. The van der Waals surface area contributed by atoms with Crippen molar-refractivity contribution in [3.05, 3.63) is 72.8 Å². The summed E-state index contributed by atoms with van der Waals surface area (Å²) in [5.74, 6) is 0. The molecule has 0 bridgehead atoms. The quantitative estimate of drug-likeness (QED) is 0.804. The minimum atomic E-state index is 0.406. The zero-order valence-corrected chi connectivity index (χ0v) is 10.8. The van der Waals surface area contributed by atoms with Crippen molar-refractivity contribution >= 4 is 11.4 Å². The topological polar surface area (TPSA) is 24.1 Å². The van der Waals surface area contributed by atoms with Gasteiger partial charge in [-0.1, -0.05) is 48.6 Å². The number of nitrogens with one attached hydrogen (secondary N) is 2. The van der Waals surface area contributed by atoms with E-state index in [2.05, 4.69) is 71.3 Å². The first kappa shape index (κ1) is 11.8. The van der Waals surface area contributed by atoms with E-state index in [1.807, 2.05) is 12.1 Å². The lowest BCUT2D eigenvalue weighted by Gasteiger charge is -2.16. The van der Waals surface area contributed by atoms with Gasteiger partial charge < -0.3 is 10.6 Å². The average Bonchev–Trinajstić information content (AvgIpc) is 2.88. The number of hydrogen-bond donors (Lipinski definition) is 2. The SMILES string of the molecule is C1=CC(Nc2ccccc2)CC1Nc1ccccc1. The molecule has 2 heteroatoms. The van der Waals surface area contributed by atoms with Gasteiger partial charge in [-0.25, -0.2) is 0 Å². The Morgan fingerprint density at radius 1 is 0.632 bits per heavy atom. The molecule has 3 rings (SSSR count). The van der Waals surface area contributed by atoms with Crippen LogP contribution >= 0.6 is 0 Å². The third-order valence-corrected chi connectivity index (χ3v) is 3.34. The van der Waals surface area contributed by atoms with Crippen LogP contribution in [-0.4, -0.2) is 12.1 Å². The molecule has 2 aromatic rings. The third-order valence-electron chi connectivity index (χ3n) is 3.34. The summed E-state index contributed by atoms with van der Waals surface area (Å²) in [4.78, 5) is 0. The van der Waals surface area contributed by atoms with Crippen molar-refractivity contribution in [2.45, 2.75) is 18.5 Å². The molecule has 2 aromatic carbocycles. The van der Waals surface area contributed by atoms with Gasteiger partial charge in [0.1, 0.15) is 0 Å². The summed E-state index contributed by atoms with van der Waals surface area (Å²) in [6, 6.07) is 21.5. The second kappa shape index (κ2) is 5.61. The predicted molar refractivity (Wildman–Crippen MR) is 81.5 cm³/mol. The fourth-order valence-electron chi connectivity index (χ4n) is 2.41. The molecule has 0 spiro atoms. The van der Waals surface area contributed by atoms with Crippen molar-refractivity contribution in [1.82, 2.24) is 0 Å². The van der Waals surface area contributed by atoms with Gasteiger partial charge in [-0.3, -0.25) is 0 Å². The highest BCUT2D eigenvalue weighted by Gasteiger charge is 2.18. The fourth-order valence-corrected chi connectivity index (χ4v) is 2.41. The molecule has 2 N–H and O–H groups in total. The summed E-state index contributed by atoms with van der Waals surface area (Å²) in [6.07, 6.45) is 5.56. The molecule has 1 aliphatic rings. The molecule has 19 heavy (non-hydrogen) atoms. The highest BCUT2D eigenvalue weighted by Crippen LogP contribution is 2.20. The molecule has 0 saturated carbocycles. The second-order valence-electron chi connectivity index (χ2n) is 4.85. The zero-order valence-electron chi connectivity index (χ0n) is 10.8. The maximum atomic E-state index is 3.53. The summed E-state index contributed by atoms with van der Waals surface area (Å²) in [5, 5.41) is 7.06. The molecule has 96 valence electrons. The second-order valence-corrected chi connectivity index (χ2v) is 4.85. The molecule has 0 fully saturated rings. The van der Waals surface area contributed by atoms with Gasteiger partial charge in [0.25, 0.3) is 0 Å². The minimum absolute atomic E-state index is 0.406. The number of rotatable bonds is 4. The van der Waals surface area contributed by atoms with Gasteiger partial charge in [0.05, 0.1) is 0 Å². The molecule has 0 aliphatic heterocycles. The van der Waals surface area contributed by atoms with Crippen LogP contribution in [0.3, 0.4) is 0 Å². The highest BCUT2D eigenvalue weighted by atomic mass is 15.0. The molecule has 1 aliphatic carbocycles. The molecule has 2 nitrogen and oxygen atoms in total. The normalized spacial score (nSPS) is 21.3. The molecule has 0 heterocycles. The Bertz CT molecular complexity index is 484. The molecule has 0 radical (unpaired) electrons. The van der Waals surface area contributed by atoms with Crippen LogP contribution in [0, 0.1) is 0 Å². The van der Waals surface area contributed by atoms with Gasteiger partial charge in [0, 0.05) is 23.5 Å². The lowest BCUT2D eigenvalue weighted by Crippen LogP contribution is -2.21. The van der Waals surface area contributed by atoms with Crippen LogP contribution in [0.1, 0.15) is 6.42 Å². The van der Waals surface area contributed by atoms with E-state index in [-0.39, 0.29) is 0 Å². The zero-order chi connectivity index (χ0) is 12.9. The molecular formula is C17H18N2. The largest absolute Gasteiger partial charge is 0.379 e. The Hall–Kier alpha value is -2.22. The summed E-state index contributed by atoms with van der Waals surface area (Å²) in [6.45, 7) is 0. The van der Waals surface area contributed by atoms with E-state index < -0.39 is 0 Å². The van der Waals surface area contributed by atoms with Gasteiger partial charge in [0.2, 0.25) is 0 Å². The monoisotopic (exact) mass is 250 g/mol. The van der Waals surface area contributed by atoms with Crippen LogP contribution in [0.25, 0.3) is 0 Å². The highest BCUT2D eigenvalue weighted by molar-refractivity contribution is 5.48. The van der Waals surface area contributed by atoms with E-state index in [1.54, 1.807) is 0 Å². The Kier molecular flexibility index (Phi) is 3.50. The van der Waals surface area contributed by atoms with Crippen LogP contribution in [-0.2, 0) is 0 Å². The standard InChI is InChI=1S/C17H18N2/c1-3-7-14(8-4-1)18-16-11-12-17(13-16)19-15-9-5-2-6-10-15/h1-12,16-19H,13H2. The van der Waals surface area contributed by atoms with Gasteiger partial charge in [-0.2, -0.15) is 0 Å². The van der Waals surface area contributed by atoms with E-state index in [9.17, 15) is 0 Å². The van der Waals surface area contributed by atoms with E-state index in [0.29, 0.717) is 12.1 Å². The van der Waals surface area contributed by atoms with Crippen molar-refractivity contribution in [3.63, 3.8) is 0 Å². The number of anilines is 2. The Morgan fingerprint density at radius 3 is 1.47 bits per heavy atom. The van der Waals surface area contributed by atoms with E-state index >= 15 is 0 Å². The van der Waals surface area contributed by atoms with E-state index in [4.69, 9.17) is 0 Å². The van der Waals surface area contributed by atoms with Crippen LogP contribution in [0.4, 0.5) is 11.4 Å². The first-order valence-corrected chi connectivity index (χ1v) is 6.72. The number of benzene rings is 2. The average molecular weight is 250 g/mol. The van der Waals surface area contributed by atoms with Crippen molar-refractivity contribution < 1.29 is 0 Å². The van der Waals surface area contributed by atoms with Gasteiger partial charge in [0.15, 0.2) is 0 Å². The first-order chi connectivity index (χ1) is 9.40. The van der Waals surface area contributed by atoms with Crippen LogP contribution in [0.15, 0.2) is 72.8 Å². The Morgan fingerprint density at radius 2 is 1.05 bits per heavy atom. The van der Waals surface area contributed by atoms with Crippen LogP contribution in [0.2, 0.25) is 0 Å². The fraction of sp³-hybridized carbons (Fsp3) is 0.176. The molecule has 0 amide bonds. The maximum absolute atomic E-state index is 3.53. The third kappa shape index (κ3) is 3.16. The molecule has 2 unspecified atom stereocenters. The number of para-hydroxylation sites is 2. The molecular weight excluding hydrogens is 232 g/mol. The summed E-state index contributed by atoms with van der Waals surface area (Å²) >= 11 is 0. The van der Waals surface area contributed by atoms with Crippen LogP contribution < -0.4 is 10.6 Å². The van der Waals surface area contributed by atoms with Gasteiger partial charge >= 0.3 is 0 Å². The Labute approximate surface area is 114 Å². The van der Waals surface area contributed by atoms with Crippen molar-refractivity contribution in [1.29, 1.82) is 0 Å². The van der Waals surface area contributed by atoms with Crippen molar-refractivity contribution in [2.75, 3.05) is 10.6 Å². The van der Waals surface area contributed by atoms with Crippen molar-refractivity contribution in [2.24, 2.45) is 0 Å². The summed E-state index contributed by atoms with van der Waals surface area (Å²) < 4.78 is 0. The predicted octanol–water partition coefficient (Wildman–Crippen LogP) is 3.91. The van der Waals surface area contributed by atoms with Crippen molar-refractivity contribution in [3.8, 4) is 0 Å². The Balaban J connectivity index is 1.55. The lowest BCUT2D eigenvalue weighted by atomic mass is 10.2. The van der Waals surface area contributed by atoms with Gasteiger partial charge in [-0.05, 0) is 30.7 Å². The van der Waals surface area contributed by atoms with E-state index in [1.165, 1.54) is 11.4 Å². The summed E-state index contributed by atoms with van der Waals surface area (Å²) in [5.41, 5.74) is 2.36. The lowest BCUT2D eigenvalue weighted by molar-refractivity contribution is 0.761.